The Bertz CT molecular complexity index is 294. The van der Waals surface area contributed by atoms with Crippen LogP contribution in [0.3, 0.4) is 0 Å². The number of nitrogens with one attached hydrogen (secondary N) is 1. The largest absolute Gasteiger partial charge is 0.378 e. The third-order valence-corrected chi connectivity index (χ3v) is 3.60. The number of hydrogen-bond donors (Lipinski definition) is 2. The predicted molar refractivity (Wildman–Crippen MR) is 74.8 cm³/mol. The molecule has 19 heavy (non-hydrogen) atoms. The van der Waals surface area contributed by atoms with Gasteiger partial charge in [-0.05, 0) is 11.8 Å². The van der Waals surface area contributed by atoms with Crippen molar-refractivity contribution < 1.29 is 14.3 Å². The fourth-order valence-electron chi connectivity index (χ4n) is 2.38. The first-order chi connectivity index (χ1) is 8.82. The average Bonchev–Trinajstić information content (AvgIpc) is 2.81. The van der Waals surface area contributed by atoms with Gasteiger partial charge in [-0.1, -0.05) is 20.8 Å². The molecule has 1 rings (SSSR count). The third-order valence-electron chi connectivity index (χ3n) is 3.60. The molecule has 1 fully saturated rings. The molecule has 0 radical (unpaired) electrons. The van der Waals surface area contributed by atoms with E-state index in [4.69, 9.17) is 15.2 Å². The number of amides is 1. The van der Waals surface area contributed by atoms with E-state index in [1.54, 1.807) is 7.11 Å². The van der Waals surface area contributed by atoms with E-state index in [2.05, 4.69) is 26.1 Å². The Morgan fingerprint density at radius 1 is 1.53 bits per heavy atom. The molecule has 1 saturated heterocycles. The molecule has 1 heterocycles. The molecule has 0 aromatic rings. The summed E-state index contributed by atoms with van der Waals surface area (Å²) >= 11 is 0. The predicted octanol–water partition coefficient (Wildman–Crippen LogP) is 0.919. The summed E-state index contributed by atoms with van der Waals surface area (Å²) in [6.45, 7) is 8.43. The van der Waals surface area contributed by atoms with E-state index in [0.29, 0.717) is 26.3 Å². The molecule has 0 spiro atoms. The summed E-state index contributed by atoms with van der Waals surface area (Å²) in [5.41, 5.74) is 5.44. The molecular weight excluding hydrogens is 244 g/mol. The summed E-state index contributed by atoms with van der Waals surface area (Å²) in [5.74, 6) is -0.128. The van der Waals surface area contributed by atoms with E-state index < -0.39 is 0 Å². The summed E-state index contributed by atoms with van der Waals surface area (Å²) in [6, 6.07) is 0. The van der Waals surface area contributed by atoms with Crippen LogP contribution in [0.5, 0.6) is 0 Å². The molecular formula is C14H28N2O3. The highest BCUT2D eigenvalue weighted by Crippen LogP contribution is 2.25. The first-order valence-electron chi connectivity index (χ1n) is 6.93. The molecule has 0 aromatic heterocycles. The molecule has 2 atom stereocenters. The molecule has 1 aliphatic heterocycles. The lowest BCUT2D eigenvalue weighted by Crippen LogP contribution is -2.47. The Hall–Kier alpha value is -0.650. The van der Waals surface area contributed by atoms with Gasteiger partial charge in [-0.25, -0.2) is 0 Å². The van der Waals surface area contributed by atoms with Crippen LogP contribution in [-0.4, -0.2) is 44.9 Å². The van der Waals surface area contributed by atoms with Crippen molar-refractivity contribution in [1.29, 1.82) is 0 Å². The number of rotatable bonds is 6. The Labute approximate surface area is 116 Å². The maximum atomic E-state index is 12.2. The molecule has 1 aliphatic rings. The molecule has 112 valence electrons. The van der Waals surface area contributed by atoms with Crippen molar-refractivity contribution in [1.82, 2.24) is 5.32 Å². The van der Waals surface area contributed by atoms with Gasteiger partial charge in [0.05, 0.1) is 12.5 Å². The van der Waals surface area contributed by atoms with Crippen molar-refractivity contribution in [2.75, 3.05) is 33.4 Å². The van der Waals surface area contributed by atoms with E-state index in [9.17, 15) is 4.79 Å². The summed E-state index contributed by atoms with van der Waals surface area (Å²) in [6.07, 6.45) is 1.60. The summed E-state index contributed by atoms with van der Waals surface area (Å²) in [4.78, 5) is 12.2. The summed E-state index contributed by atoms with van der Waals surface area (Å²) in [7, 11) is 1.66. The minimum atomic E-state index is -0.365. The number of hydrogen-bond acceptors (Lipinski definition) is 4. The van der Waals surface area contributed by atoms with Gasteiger partial charge in [0.2, 0.25) is 5.91 Å². The van der Waals surface area contributed by atoms with Gasteiger partial charge in [0, 0.05) is 33.2 Å². The van der Waals surface area contributed by atoms with Gasteiger partial charge in [-0.3, -0.25) is 4.79 Å². The van der Waals surface area contributed by atoms with Crippen molar-refractivity contribution in [2.24, 2.45) is 17.1 Å². The van der Waals surface area contributed by atoms with Gasteiger partial charge in [0.25, 0.3) is 0 Å². The zero-order valence-corrected chi connectivity index (χ0v) is 12.6. The van der Waals surface area contributed by atoms with Gasteiger partial charge in [0.15, 0.2) is 0 Å². The van der Waals surface area contributed by atoms with Crippen molar-refractivity contribution >= 4 is 5.91 Å². The van der Waals surface area contributed by atoms with Crippen LogP contribution in [0.4, 0.5) is 0 Å². The minimum absolute atomic E-state index is 0.0146. The average molecular weight is 272 g/mol. The number of carbonyl (C=O) groups is 1. The Kier molecular flexibility index (Phi) is 5.77. The third kappa shape index (κ3) is 5.09. The van der Waals surface area contributed by atoms with Gasteiger partial charge < -0.3 is 20.5 Å². The van der Waals surface area contributed by atoms with Crippen LogP contribution in [0, 0.1) is 11.3 Å². The fraction of sp³-hybridized carbons (Fsp3) is 0.929. The second-order valence-electron chi connectivity index (χ2n) is 6.60. The van der Waals surface area contributed by atoms with Crippen LogP contribution in [0.15, 0.2) is 0 Å². The first kappa shape index (κ1) is 16.4. The Morgan fingerprint density at radius 2 is 2.21 bits per heavy atom. The molecule has 5 heteroatoms. The lowest BCUT2D eigenvalue weighted by molar-refractivity contribution is -0.127. The second-order valence-corrected chi connectivity index (χ2v) is 6.60. The van der Waals surface area contributed by atoms with Crippen molar-refractivity contribution in [3.63, 3.8) is 0 Å². The van der Waals surface area contributed by atoms with E-state index in [0.717, 1.165) is 12.8 Å². The lowest BCUT2D eigenvalue weighted by atomic mass is 9.84. The first-order valence-corrected chi connectivity index (χ1v) is 6.93. The number of ether oxygens (including phenoxy) is 2. The van der Waals surface area contributed by atoms with Crippen LogP contribution in [0.25, 0.3) is 0 Å². The van der Waals surface area contributed by atoms with Crippen LogP contribution < -0.4 is 11.1 Å². The van der Waals surface area contributed by atoms with Crippen molar-refractivity contribution in [3.05, 3.63) is 0 Å². The monoisotopic (exact) mass is 272 g/mol. The number of methoxy groups -OCH3 is 1. The van der Waals surface area contributed by atoms with Crippen LogP contribution in [0.1, 0.15) is 33.6 Å². The molecule has 0 aliphatic carbocycles. The smallest absolute Gasteiger partial charge is 0.224 e. The molecule has 0 bridgehead atoms. The topological polar surface area (TPSA) is 73.6 Å². The van der Waals surface area contributed by atoms with Crippen LogP contribution in [-0.2, 0) is 14.3 Å². The van der Waals surface area contributed by atoms with Gasteiger partial charge >= 0.3 is 0 Å². The molecule has 3 N–H and O–H groups in total. The highest BCUT2D eigenvalue weighted by Gasteiger charge is 2.36. The molecule has 0 aromatic carbocycles. The zero-order chi connectivity index (χ0) is 14.5. The molecule has 0 saturated carbocycles. The van der Waals surface area contributed by atoms with Gasteiger partial charge in [-0.2, -0.15) is 0 Å². The van der Waals surface area contributed by atoms with E-state index in [-0.39, 0.29) is 22.8 Å². The van der Waals surface area contributed by atoms with E-state index in [1.165, 1.54) is 0 Å². The maximum absolute atomic E-state index is 12.2. The molecule has 1 amide bonds. The Morgan fingerprint density at radius 3 is 2.63 bits per heavy atom. The quantitative estimate of drug-likeness (QED) is 0.754. The maximum Gasteiger partial charge on any atom is 0.224 e. The SMILES string of the molecule is COC1(CNC(=O)C(CN)CC(C)(C)C)CCOC1. The lowest BCUT2D eigenvalue weighted by Gasteiger charge is -2.28. The fourth-order valence-corrected chi connectivity index (χ4v) is 2.38. The standard InChI is InChI=1S/C14H28N2O3/c1-13(2,3)7-11(8-15)12(17)16-9-14(18-4)5-6-19-10-14/h11H,5-10,15H2,1-4H3,(H,16,17). The van der Waals surface area contributed by atoms with E-state index in [1.807, 2.05) is 0 Å². The molecule has 5 nitrogen and oxygen atoms in total. The minimum Gasteiger partial charge on any atom is -0.378 e. The van der Waals surface area contributed by atoms with Crippen molar-refractivity contribution in [3.8, 4) is 0 Å². The number of carbonyl (C=O) groups excluding carboxylic acids is 1. The number of nitrogens with two attached hydrogens (primary N) is 1. The van der Waals surface area contributed by atoms with Gasteiger partial charge in [0.1, 0.15) is 5.60 Å². The van der Waals surface area contributed by atoms with Crippen molar-refractivity contribution in [2.45, 2.75) is 39.2 Å². The second kappa shape index (κ2) is 6.68. The molecule has 2 unspecified atom stereocenters. The Balaban J connectivity index is 2.48. The van der Waals surface area contributed by atoms with Gasteiger partial charge in [-0.15, -0.1) is 0 Å². The highest BCUT2D eigenvalue weighted by atomic mass is 16.5. The van der Waals surface area contributed by atoms with E-state index >= 15 is 0 Å². The summed E-state index contributed by atoms with van der Waals surface area (Å²) in [5, 5.41) is 2.97. The normalized spacial score (nSPS) is 25.3. The van der Waals surface area contributed by atoms with Crippen LogP contribution >= 0.6 is 0 Å². The summed E-state index contributed by atoms with van der Waals surface area (Å²) < 4.78 is 10.8. The highest BCUT2D eigenvalue weighted by molar-refractivity contribution is 5.79. The van der Waals surface area contributed by atoms with Crippen LogP contribution in [0.2, 0.25) is 0 Å². The zero-order valence-electron chi connectivity index (χ0n) is 12.6.